The number of rotatable bonds is 9. The second-order valence-corrected chi connectivity index (χ2v) is 9.97. The Morgan fingerprint density at radius 1 is 1.11 bits per heavy atom. The van der Waals surface area contributed by atoms with Crippen LogP contribution in [0.4, 0.5) is 4.39 Å². The van der Waals surface area contributed by atoms with Crippen molar-refractivity contribution in [1.82, 2.24) is 14.8 Å². The highest BCUT2D eigenvalue weighted by Gasteiger charge is 2.27. The van der Waals surface area contributed by atoms with Gasteiger partial charge in [0, 0.05) is 26.2 Å². The van der Waals surface area contributed by atoms with E-state index < -0.39 is 5.25 Å². The third-order valence-electron chi connectivity index (χ3n) is 5.28. The molecule has 0 spiro atoms. The first-order valence-electron chi connectivity index (χ1n) is 10.7. The molecule has 3 aromatic carbocycles. The molecule has 7 nitrogen and oxygen atoms in total. The van der Waals surface area contributed by atoms with Gasteiger partial charge in [-0.05, 0) is 55.8 Å². The summed E-state index contributed by atoms with van der Waals surface area (Å²) in [6.45, 7) is 3.46. The molecule has 0 saturated heterocycles. The lowest BCUT2D eigenvalue weighted by atomic mass is 10.1. The van der Waals surface area contributed by atoms with Crippen molar-refractivity contribution in [1.29, 1.82) is 0 Å². The van der Waals surface area contributed by atoms with Gasteiger partial charge < -0.3 is 4.74 Å². The minimum Gasteiger partial charge on any atom is -0.488 e. The van der Waals surface area contributed by atoms with E-state index in [0.717, 1.165) is 15.7 Å². The van der Waals surface area contributed by atoms with E-state index >= 15 is 0 Å². The molecule has 0 aliphatic rings. The van der Waals surface area contributed by atoms with Crippen molar-refractivity contribution in [2.75, 3.05) is 6.54 Å². The van der Waals surface area contributed by atoms with Crippen LogP contribution in [0.2, 0.25) is 0 Å². The maximum Gasteiger partial charge on any atom is 0.220 e. The summed E-state index contributed by atoms with van der Waals surface area (Å²) in [5.41, 5.74) is 2.95. The van der Waals surface area contributed by atoms with Crippen LogP contribution < -0.4 is 4.74 Å². The van der Waals surface area contributed by atoms with Gasteiger partial charge in [0.25, 0.3) is 0 Å². The summed E-state index contributed by atoms with van der Waals surface area (Å²) < 4.78 is 22.7. The fraction of sp³-hybridized carbons (Fsp3) is 0.200. The van der Waals surface area contributed by atoms with E-state index in [9.17, 15) is 14.5 Å². The fourth-order valence-electron chi connectivity index (χ4n) is 3.62. The van der Waals surface area contributed by atoms with Gasteiger partial charge in [0.05, 0.1) is 0 Å². The van der Waals surface area contributed by atoms with Gasteiger partial charge in [-0.3, -0.25) is 14.7 Å². The first-order valence-corrected chi connectivity index (χ1v) is 12.4. The quantitative estimate of drug-likeness (QED) is 0.133. The number of hydrogen-bond donors (Lipinski definition) is 0. The zero-order chi connectivity index (χ0) is 24.9. The van der Waals surface area contributed by atoms with E-state index in [1.165, 1.54) is 17.8 Å². The Balaban J connectivity index is 1.69. The van der Waals surface area contributed by atoms with Crippen molar-refractivity contribution in [3.05, 3.63) is 110 Å². The number of nitro groups is 1. The summed E-state index contributed by atoms with van der Waals surface area (Å²) in [7, 11) is 0. The maximum atomic E-state index is 14.1. The maximum absolute atomic E-state index is 14.1. The van der Waals surface area contributed by atoms with Crippen molar-refractivity contribution < 1.29 is 14.1 Å². The zero-order valence-corrected chi connectivity index (χ0v) is 21.4. The third-order valence-corrected chi connectivity index (χ3v) is 6.93. The molecular formula is C25H22BrFN4O3S. The number of aryl methyl sites for hydroxylation is 2. The molecule has 0 amide bonds. The van der Waals surface area contributed by atoms with E-state index in [1.54, 1.807) is 36.4 Å². The van der Waals surface area contributed by atoms with Gasteiger partial charge >= 0.3 is 0 Å². The monoisotopic (exact) mass is 556 g/mol. The molecule has 0 bridgehead atoms. The summed E-state index contributed by atoms with van der Waals surface area (Å²) in [6.07, 6.45) is 0. The Bertz CT molecular complexity index is 1360. The van der Waals surface area contributed by atoms with Crippen LogP contribution in [0.1, 0.15) is 27.8 Å². The molecule has 1 aromatic heterocycles. The first-order chi connectivity index (χ1) is 16.8. The second-order valence-electron chi connectivity index (χ2n) is 7.89. The molecule has 35 heavy (non-hydrogen) atoms. The predicted molar refractivity (Wildman–Crippen MR) is 136 cm³/mol. The number of halogens is 2. The minimum absolute atomic E-state index is 0.00423. The number of ether oxygens (including phenoxy) is 1. The van der Waals surface area contributed by atoms with E-state index in [2.05, 4.69) is 26.1 Å². The van der Waals surface area contributed by atoms with E-state index in [0.29, 0.717) is 27.9 Å². The third kappa shape index (κ3) is 6.07. The van der Waals surface area contributed by atoms with Crippen LogP contribution in [0.15, 0.2) is 76.4 Å². The first kappa shape index (κ1) is 24.9. The number of benzene rings is 3. The zero-order valence-electron chi connectivity index (χ0n) is 19.0. The summed E-state index contributed by atoms with van der Waals surface area (Å²) in [4.78, 5) is 11.3. The molecule has 10 heteroatoms. The predicted octanol–water partition coefficient (Wildman–Crippen LogP) is 6.47. The lowest BCUT2D eigenvalue weighted by Gasteiger charge is -2.18. The van der Waals surface area contributed by atoms with Crippen LogP contribution in [-0.4, -0.2) is 26.2 Å². The summed E-state index contributed by atoms with van der Waals surface area (Å²) in [5.74, 6) is 0.737. The van der Waals surface area contributed by atoms with Crippen LogP contribution in [0, 0.1) is 29.8 Å². The smallest absolute Gasteiger partial charge is 0.220 e. The SMILES string of the molecule is Cc1cccc(-n2c(C)nnc2S[C@H](C[N+](=O)[O-])c2cc(Br)ccc2OCc2ccccc2F)c1. The molecule has 0 unspecified atom stereocenters. The number of nitrogens with zero attached hydrogens (tertiary/aromatic N) is 4. The van der Waals surface area contributed by atoms with Crippen molar-refractivity contribution in [3.8, 4) is 11.4 Å². The van der Waals surface area contributed by atoms with Gasteiger partial charge in [-0.1, -0.05) is 58.0 Å². The van der Waals surface area contributed by atoms with E-state index in [1.807, 2.05) is 42.7 Å². The molecule has 180 valence electrons. The molecule has 1 atom stereocenters. The summed E-state index contributed by atoms with van der Waals surface area (Å²) in [5, 5.41) is 20.1. The van der Waals surface area contributed by atoms with Crippen LogP contribution in [-0.2, 0) is 6.61 Å². The highest BCUT2D eigenvalue weighted by molar-refractivity contribution is 9.10. The van der Waals surface area contributed by atoms with Gasteiger partial charge in [-0.15, -0.1) is 10.2 Å². The molecule has 1 heterocycles. The number of aromatic nitrogens is 3. The lowest BCUT2D eigenvalue weighted by Crippen LogP contribution is -2.13. The van der Waals surface area contributed by atoms with Crippen molar-refractivity contribution >= 4 is 27.7 Å². The average molecular weight is 557 g/mol. The Labute approximate surface area is 214 Å². The molecule has 0 radical (unpaired) electrons. The molecule has 0 N–H and O–H groups in total. The van der Waals surface area contributed by atoms with Gasteiger partial charge in [0.15, 0.2) is 5.16 Å². The van der Waals surface area contributed by atoms with Crippen LogP contribution >= 0.6 is 27.7 Å². The standard InChI is InChI=1S/C25H22BrFN4O3S/c1-16-6-5-8-20(12-16)31-17(2)28-29-25(31)35-24(14-30(32)33)21-13-19(26)10-11-23(21)34-15-18-7-3-4-9-22(18)27/h3-13,24H,14-15H2,1-2H3/t24-/m1/s1. The Morgan fingerprint density at radius 3 is 2.66 bits per heavy atom. The van der Waals surface area contributed by atoms with Crippen molar-refractivity contribution in [2.24, 2.45) is 0 Å². The van der Waals surface area contributed by atoms with Crippen molar-refractivity contribution in [2.45, 2.75) is 30.9 Å². The molecule has 0 aliphatic heterocycles. The molecule has 4 rings (SSSR count). The van der Waals surface area contributed by atoms with Crippen LogP contribution in [0.25, 0.3) is 5.69 Å². The number of hydrogen-bond acceptors (Lipinski definition) is 6. The highest BCUT2D eigenvalue weighted by Crippen LogP contribution is 2.41. The Hall–Kier alpha value is -3.24. The van der Waals surface area contributed by atoms with Gasteiger partial charge in [0.2, 0.25) is 6.54 Å². The highest BCUT2D eigenvalue weighted by atomic mass is 79.9. The van der Waals surface area contributed by atoms with Crippen LogP contribution in [0.5, 0.6) is 5.75 Å². The normalized spacial score (nSPS) is 11.9. The van der Waals surface area contributed by atoms with E-state index in [-0.39, 0.29) is 23.9 Å². The molecule has 0 fully saturated rings. The van der Waals surface area contributed by atoms with Crippen molar-refractivity contribution in [3.63, 3.8) is 0 Å². The molecule has 4 aromatic rings. The lowest BCUT2D eigenvalue weighted by molar-refractivity contribution is -0.479. The molecular weight excluding hydrogens is 535 g/mol. The summed E-state index contributed by atoms with van der Waals surface area (Å²) >= 11 is 4.70. The van der Waals surface area contributed by atoms with Crippen LogP contribution in [0.3, 0.4) is 0 Å². The fourth-order valence-corrected chi connectivity index (χ4v) is 5.19. The second kappa shape index (κ2) is 11.0. The largest absolute Gasteiger partial charge is 0.488 e. The Kier molecular flexibility index (Phi) is 7.82. The Morgan fingerprint density at radius 2 is 1.91 bits per heavy atom. The van der Waals surface area contributed by atoms with E-state index in [4.69, 9.17) is 4.74 Å². The summed E-state index contributed by atoms with van der Waals surface area (Å²) in [6, 6.07) is 19.5. The molecule has 0 aliphatic carbocycles. The number of thioether (sulfide) groups is 1. The average Bonchev–Trinajstić information content (AvgIpc) is 3.18. The topological polar surface area (TPSA) is 83.1 Å². The van der Waals surface area contributed by atoms with Gasteiger partial charge in [-0.2, -0.15) is 0 Å². The van der Waals surface area contributed by atoms with Gasteiger partial charge in [-0.25, -0.2) is 4.39 Å². The van der Waals surface area contributed by atoms with Gasteiger partial charge in [0.1, 0.15) is 29.2 Å². The molecule has 0 saturated carbocycles. The minimum atomic E-state index is -0.634.